The largest absolute Gasteiger partial charge is 0.320 e. The van der Waals surface area contributed by atoms with Crippen LogP contribution in [0.4, 0.5) is 0 Å². The molecule has 2 aromatic rings. The number of hydrogen-bond acceptors (Lipinski definition) is 2. The van der Waals surface area contributed by atoms with E-state index in [0.717, 1.165) is 11.1 Å². The van der Waals surface area contributed by atoms with Gasteiger partial charge >= 0.3 is 0 Å². The molecule has 1 amide bonds. The van der Waals surface area contributed by atoms with Gasteiger partial charge in [0.2, 0.25) is 5.91 Å². The van der Waals surface area contributed by atoms with Crippen molar-refractivity contribution < 1.29 is 9.59 Å². The van der Waals surface area contributed by atoms with Gasteiger partial charge in [0.15, 0.2) is 5.78 Å². The van der Waals surface area contributed by atoms with Crippen LogP contribution in [0.3, 0.4) is 0 Å². The van der Waals surface area contributed by atoms with Gasteiger partial charge in [-0.15, -0.1) is 0 Å². The van der Waals surface area contributed by atoms with Crippen molar-refractivity contribution in [3.05, 3.63) is 71.8 Å². The predicted molar refractivity (Wildman–Crippen MR) is 94.4 cm³/mol. The van der Waals surface area contributed by atoms with E-state index in [0.29, 0.717) is 0 Å². The zero-order chi connectivity index (χ0) is 17.3. The van der Waals surface area contributed by atoms with Crippen LogP contribution in [0.25, 0.3) is 0 Å². The molecule has 0 unspecified atom stereocenters. The Labute approximate surface area is 143 Å². The Morgan fingerprint density at radius 3 is 1.75 bits per heavy atom. The minimum absolute atomic E-state index is 0.0603. The van der Waals surface area contributed by atoms with E-state index < -0.39 is 0 Å². The summed E-state index contributed by atoms with van der Waals surface area (Å²) in [6, 6.07) is 19.3. The molecule has 124 valence electrons. The van der Waals surface area contributed by atoms with Crippen molar-refractivity contribution in [2.45, 2.75) is 32.9 Å². The number of carbonyl (C=O) groups excluding carboxylic acids is 2. The number of nitrogens with zero attached hydrogens (tertiary/aromatic N) is 1. The summed E-state index contributed by atoms with van der Waals surface area (Å²) in [5.41, 5.74) is 2.07. The number of benzene rings is 2. The van der Waals surface area contributed by atoms with Crippen LogP contribution in [0, 0.1) is 11.8 Å². The third-order valence-electron chi connectivity index (χ3n) is 4.82. The Morgan fingerprint density at radius 2 is 1.38 bits per heavy atom. The second-order valence-electron chi connectivity index (χ2n) is 6.79. The zero-order valence-electron chi connectivity index (χ0n) is 14.3. The molecule has 0 bridgehead atoms. The van der Waals surface area contributed by atoms with Gasteiger partial charge < -0.3 is 4.90 Å². The number of hydrogen-bond donors (Lipinski definition) is 0. The first-order chi connectivity index (χ1) is 11.5. The summed E-state index contributed by atoms with van der Waals surface area (Å²) in [5, 5.41) is 0. The van der Waals surface area contributed by atoms with Crippen LogP contribution in [0.1, 0.15) is 37.9 Å². The van der Waals surface area contributed by atoms with E-state index in [2.05, 4.69) is 0 Å². The molecular formula is C21H23NO2. The molecule has 1 aliphatic heterocycles. The van der Waals surface area contributed by atoms with Crippen LogP contribution >= 0.6 is 0 Å². The fraction of sp³-hybridized carbons (Fsp3) is 0.333. The lowest BCUT2D eigenvalue weighted by atomic mass is 9.74. The second kappa shape index (κ2) is 6.60. The Morgan fingerprint density at radius 1 is 0.917 bits per heavy atom. The fourth-order valence-corrected chi connectivity index (χ4v) is 3.71. The SMILES string of the molecule is CC(=O)[C@@H]1[C@@H](C(C)C)C(=O)N1C(c1ccccc1)c1ccccc1. The maximum absolute atomic E-state index is 12.9. The van der Waals surface area contributed by atoms with Gasteiger partial charge in [-0.25, -0.2) is 0 Å². The van der Waals surface area contributed by atoms with Crippen molar-refractivity contribution >= 4 is 11.7 Å². The van der Waals surface area contributed by atoms with Crippen molar-refractivity contribution in [2.75, 3.05) is 0 Å². The van der Waals surface area contributed by atoms with E-state index in [4.69, 9.17) is 0 Å². The highest BCUT2D eigenvalue weighted by Gasteiger charge is 2.54. The summed E-state index contributed by atoms with van der Waals surface area (Å²) in [5.74, 6) is 0.0836. The second-order valence-corrected chi connectivity index (χ2v) is 6.79. The number of Topliss-reactive ketones (excluding diaryl/α,β-unsaturated/α-hetero) is 1. The monoisotopic (exact) mass is 321 g/mol. The maximum Gasteiger partial charge on any atom is 0.229 e. The topological polar surface area (TPSA) is 37.4 Å². The third-order valence-corrected chi connectivity index (χ3v) is 4.82. The molecule has 0 N–H and O–H groups in total. The molecule has 2 aromatic carbocycles. The fourth-order valence-electron chi connectivity index (χ4n) is 3.71. The Balaban J connectivity index is 2.06. The standard InChI is InChI=1S/C21H23NO2/c1-14(2)18-19(15(3)23)22(21(18)24)20(16-10-6-4-7-11-16)17-12-8-5-9-13-17/h4-14,18-20H,1-3H3/t18-,19-/m1/s1. The van der Waals surface area contributed by atoms with Crippen molar-refractivity contribution in [2.24, 2.45) is 11.8 Å². The molecule has 1 heterocycles. The Bertz CT molecular complexity index is 685. The van der Waals surface area contributed by atoms with Crippen molar-refractivity contribution in [1.29, 1.82) is 0 Å². The molecule has 1 saturated heterocycles. The van der Waals surface area contributed by atoms with Gasteiger partial charge in [-0.2, -0.15) is 0 Å². The lowest BCUT2D eigenvalue weighted by molar-refractivity contribution is -0.168. The highest BCUT2D eigenvalue weighted by Crippen LogP contribution is 2.42. The maximum atomic E-state index is 12.9. The molecule has 1 aliphatic rings. The van der Waals surface area contributed by atoms with Gasteiger partial charge in [-0.05, 0) is 24.0 Å². The lowest BCUT2D eigenvalue weighted by Crippen LogP contribution is -2.66. The summed E-state index contributed by atoms with van der Waals surface area (Å²) in [6.07, 6.45) is 0. The van der Waals surface area contributed by atoms with Crippen LogP contribution in [0.15, 0.2) is 60.7 Å². The van der Waals surface area contributed by atoms with E-state index in [1.54, 1.807) is 11.8 Å². The van der Waals surface area contributed by atoms with Crippen molar-refractivity contribution in [3.63, 3.8) is 0 Å². The van der Waals surface area contributed by atoms with Crippen molar-refractivity contribution in [1.82, 2.24) is 4.90 Å². The number of β-lactam (4-membered cyclic amide) rings is 1. The van der Waals surface area contributed by atoms with Gasteiger partial charge in [0.25, 0.3) is 0 Å². The molecule has 2 atom stereocenters. The van der Waals surface area contributed by atoms with Gasteiger partial charge in [0, 0.05) is 0 Å². The highest BCUT2D eigenvalue weighted by atomic mass is 16.2. The first-order valence-electron chi connectivity index (χ1n) is 8.45. The summed E-state index contributed by atoms with van der Waals surface area (Å²) < 4.78 is 0. The predicted octanol–water partition coefficient (Wildman–Crippen LogP) is 3.85. The minimum atomic E-state index is -0.345. The van der Waals surface area contributed by atoms with E-state index >= 15 is 0 Å². The third kappa shape index (κ3) is 2.75. The van der Waals surface area contributed by atoms with Gasteiger partial charge in [-0.3, -0.25) is 9.59 Å². The van der Waals surface area contributed by atoms with Crippen LogP contribution in [-0.4, -0.2) is 22.6 Å². The molecule has 1 fully saturated rings. The zero-order valence-corrected chi connectivity index (χ0v) is 14.3. The normalized spacial score (nSPS) is 20.4. The van der Waals surface area contributed by atoms with E-state index in [-0.39, 0.29) is 35.6 Å². The summed E-state index contributed by atoms with van der Waals surface area (Å²) in [6.45, 7) is 5.61. The first kappa shape index (κ1) is 16.4. The first-order valence-corrected chi connectivity index (χ1v) is 8.45. The molecule has 0 saturated carbocycles. The Kier molecular flexibility index (Phi) is 4.52. The average molecular weight is 321 g/mol. The van der Waals surface area contributed by atoms with Crippen LogP contribution in [0.2, 0.25) is 0 Å². The number of carbonyl (C=O) groups is 2. The molecule has 0 aromatic heterocycles. The van der Waals surface area contributed by atoms with E-state index in [9.17, 15) is 9.59 Å². The average Bonchev–Trinajstić information content (AvgIpc) is 2.57. The van der Waals surface area contributed by atoms with Gasteiger partial charge in [0.05, 0.1) is 12.0 Å². The Hall–Kier alpha value is -2.42. The molecule has 3 rings (SSSR count). The summed E-state index contributed by atoms with van der Waals surface area (Å²) >= 11 is 0. The summed E-state index contributed by atoms with van der Waals surface area (Å²) in [4.78, 5) is 26.9. The van der Waals surface area contributed by atoms with E-state index in [1.165, 1.54) is 0 Å². The van der Waals surface area contributed by atoms with Crippen LogP contribution in [-0.2, 0) is 9.59 Å². The van der Waals surface area contributed by atoms with Crippen LogP contribution in [0.5, 0.6) is 0 Å². The molecule has 24 heavy (non-hydrogen) atoms. The van der Waals surface area contributed by atoms with Gasteiger partial charge in [-0.1, -0.05) is 74.5 Å². The van der Waals surface area contributed by atoms with Gasteiger partial charge in [0.1, 0.15) is 6.04 Å². The smallest absolute Gasteiger partial charge is 0.229 e. The lowest BCUT2D eigenvalue weighted by Gasteiger charge is -2.51. The highest BCUT2D eigenvalue weighted by molar-refractivity contribution is 5.99. The molecule has 0 radical (unpaired) electrons. The van der Waals surface area contributed by atoms with Crippen molar-refractivity contribution in [3.8, 4) is 0 Å². The van der Waals surface area contributed by atoms with E-state index in [1.807, 2.05) is 74.5 Å². The number of likely N-dealkylation sites (tertiary alicyclic amines) is 1. The quantitative estimate of drug-likeness (QED) is 0.785. The molecule has 0 aliphatic carbocycles. The molecular weight excluding hydrogens is 298 g/mol. The minimum Gasteiger partial charge on any atom is -0.320 e. The summed E-state index contributed by atoms with van der Waals surface area (Å²) in [7, 11) is 0. The molecule has 3 heteroatoms. The number of ketones is 1. The number of amides is 1. The molecule has 3 nitrogen and oxygen atoms in total. The molecule has 0 spiro atoms. The number of rotatable bonds is 5. The van der Waals surface area contributed by atoms with Crippen LogP contribution < -0.4 is 0 Å².